The monoisotopic (exact) mass is 500 g/mol. The van der Waals surface area contributed by atoms with Gasteiger partial charge in [0.05, 0.1) is 18.3 Å². The van der Waals surface area contributed by atoms with Gasteiger partial charge in [0.1, 0.15) is 16.9 Å². The molecule has 4 aromatic rings. The number of piperidine rings is 1. The second-order valence-corrected chi connectivity index (χ2v) is 10.5. The summed E-state index contributed by atoms with van der Waals surface area (Å²) in [6.07, 6.45) is 5.32. The van der Waals surface area contributed by atoms with Crippen LogP contribution in [0.5, 0.6) is 5.75 Å². The Morgan fingerprint density at radius 3 is 2.65 bits per heavy atom. The summed E-state index contributed by atoms with van der Waals surface area (Å²) >= 11 is 0. The number of benzene rings is 1. The number of hydrogen-bond acceptors (Lipinski definition) is 5. The van der Waals surface area contributed by atoms with E-state index in [1.807, 2.05) is 17.0 Å². The van der Waals surface area contributed by atoms with Crippen LogP contribution >= 0.6 is 0 Å². The number of likely N-dealkylation sites (tertiary alicyclic amines) is 1. The lowest BCUT2D eigenvalue weighted by molar-refractivity contribution is 0.0708. The molecular weight excluding hydrogens is 464 g/mol. The standard InChI is InChI=1S/C29H36N6O2/c1-4-22-11-10-19-14-24(35(27(19)31-22)16-18-8-9-18)28-32-23-13-20(15-25(37-3)26(23)34(28)5-2)29(36)33-12-6-7-21(30)17-33/h10-11,13-15,18,21H,4-9,12,16-17,30H2,1-3H3/t21-/m1/s1. The minimum absolute atomic E-state index is 0.0120. The highest BCUT2D eigenvalue weighted by Crippen LogP contribution is 2.38. The van der Waals surface area contributed by atoms with Crippen LogP contribution in [0.25, 0.3) is 33.6 Å². The molecule has 1 atom stereocenters. The van der Waals surface area contributed by atoms with E-state index in [0.29, 0.717) is 23.8 Å². The third-order valence-electron chi connectivity index (χ3n) is 7.87. The molecule has 0 spiro atoms. The van der Waals surface area contributed by atoms with Crippen molar-refractivity contribution < 1.29 is 9.53 Å². The van der Waals surface area contributed by atoms with Gasteiger partial charge in [-0.2, -0.15) is 0 Å². The molecule has 2 fully saturated rings. The molecule has 0 bridgehead atoms. The van der Waals surface area contributed by atoms with Gasteiger partial charge in [-0.15, -0.1) is 0 Å². The molecule has 2 aliphatic rings. The minimum atomic E-state index is -0.0120. The maximum Gasteiger partial charge on any atom is 0.254 e. The highest BCUT2D eigenvalue weighted by Gasteiger charge is 2.28. The highest BCUT2D eigenvalue weighted by molar-refractivity contribution is 6.00. The van der Waals surface area contributed by atoms with Crippen molar-refractivity contribution in [1.82, 2.24) is 24.0 Å². The Hall–Kier alpha value is -3.39. The van der Waals surface area contributed by atoms with Gasteiger partial charge in [-0.3, -0.25) is 4.79 Å². The molecule has 1 amide bonds. The number of aromatic nitrogens is 4. The van der Waals surface area contributed by atoms with Gasteiger partial charge in [0, 0.05) is 48.9 Å². The van der Waals surface area contributed by atoms with Crippen LogP contribution in [-0.4, -0.2) is 56.2 Å². The minimum Gasteiger partial charge on any atom is -0.494 e. The van der Waals surface area contributed by atoms with E-state index in [1.165, 1.54) is 12.8 Å². The Morgan fingerprint density at radius 1 is 1.11 bits per heavy atom. The topological polar surface area (TPSA) is 91.2 Å². The lowest BCUT2D eigenvalue weighted by Gasteiger charge is -2.30. The van der Waals surface area contributed by atoms with Gasteiger partial charge in [-0.1, -0.05) is 6.92 Å². The van der Waals surface area contributed by atoms with E-state index in [1.54, 1.807) is 7.11 Å². The number of imidazole rings is 1. The molecule has 1 aromatic carbocycles. The fourth-order valence-corrected chi connectivity index (χ4v) is 5.68. The number of fused-ring (bicyclic) bond motifs is 2. The molecule has 1 aliphatic heterocycles. The Bertz CT molecular complexity index is 1480. The van der Waals surface area contributed by atoms with Gasteiger partial charge >= 0.3 is 0 Å². The molecule has 37 heavy (non-hydrogen) atoms. The fraction of sp³-hybridized carbons (Fsp3) is 0.483. The first-order valence-corrected chi connectivity index (χ1v) is 13.6. The van der Waals surface area contributed by atoms with Gasteiger partial charge in [-0.25, -0.2) is 9.97 Å². The lowest BCUT2D eigenvalue weighted by Crippen LogP contribution is -2.45. The molecule has 194 valence electrons. The number of aryl methyl sites for hydroxylation is 2. The summed E-state index contributed by atoms with van der Waals surface area (Å²) in [5.74, 6) is 2.23. The molecule has 0 radical (unpaired) electrons. The van der Waals surface area contributed by atoms with Gasteiger partial charge in [0.2, 0.25) is 0 Å². The third kappa shape index (κ3) is 4.27. The second kappa shape index (κ2) is 9.49. The number of carbonyl (C=O) groups excluding carboxylic acids is 1. The molecule has 3 aromatic heterocycles. The number of amides is 1. The SMILES string of the molecule is CCc1ccc2cc(-c3nc4cc(C(=O)N5CCC[C@@H](N)C5)cc(OC)c4n3CC)n(CC3CC3)c2n1. The maximum atomic E-state index is 13.4. The van der Waals surface area contributed by atoms with Crippen LogP contribution in [0.15, 0.2) is 30.3 Å². The maximum absolute atomic E-state index is 13.4. The Kier molecular flexibility index (Phi) is 6.15. The summed E-state index contributed by atoms with van der Waals surface area (Å²) in [6.45, 7) is 7.26. The molecule has 8 heteroatoms. The zero-order chi connectivity index (χ0) is 25.7. The van der Waals surface area contributed by atoms with Gasteiger partial charge in [0.15, 0.2) is 5.82 Å². The van der Waals surface area contributed by atoms with E-state index >= 15 is 0 Å². The predicted molar refractivity (Wildman–Crippen MR) is 146 cm³/mol. The van der Waals surface area contributed by atoms with E-state index in [9.17, 15) is 4.79 Å². The van der Waals surface area contributed by atoms with Crippen LogP contribution in [0.2, 0.25) is 0 Å². The summed E-state index contributed by atoms with van der Waals surface area (Å²) in [6, 6.07) is 10.3. The van der Waals surface area contributed by atoms with Crippen molar-refractivity contribution >= 4 is 28.0 Å². The quantitative estimate of drug-likeness (QED) is 0.400. The summed E-state index contributed by atoms with van der Waals surface area (Å²) in [4.78, 5) is 25.4. The fourth-order valence-electron chi connectivity index (χ4n) is 5.68. The third-order valence-corrected chi connectivity index (χ3v) is 7.87. The molecule has 1 aliphatic carbocycles. The molecule has 8 nitrogen and oxygen atoms in total. The van der Waals surface area contributed by atoms with Crippen LogP contribution in [0, 0.1) is 5.92 Å². The molecule has 2 N–H and O–H groups in total. The molecule has 0 unspecified atom stereocenters. The molecular formula is C29H36N6O2. The zero-order valence-electron chi connectivity index (χ0n) is 22.0. The van der Waals surface area contributed by atoms with Crippen LogP contribution in [-0.2, 0) is 19.5 Å². The van der Waals surface area contributed by atoms with Crippen molar-refractivity contribution in [3.8, 4) is 17.3 Å². The van der Waals surface area contributed by atoms with E-state index in [4.69, 9.17) is 20.4 Å². The first-order chi connectivity index (χ1) is 18.0. The second-order valence-electron chi connectivity index (χ2n) is 10.5. The predicted octanol–water partition coefficient (Wildman–Crippen LogP) is 4.62. The van der Waals surface area contributed by atoms with Gasteiger partial charge < -0.3 is 24.5 Å². The van der Waals surface area contributed by atoms with Crippen LogP contribution in [0.1, 0.15) is 55.6 Å². The molecule has 1 saturated carbocycles. The van der Waals surface area contributed by atoms with Crippen LogP contribution < -0.4 is 10.5 Å². The average Bonchev–Trinajstić information content (AvgIpc) is 3.56. The van der Waals surface area contributed by atoms with E-state index < -0.39 is 0 Å². The summed E-state index contributed by atoms with van der Waals surface area (Å²) in [7, 11) is 1.66. The first-order valence-electron chi connectivity index (χ1n) is 13.6. The van der Waals surface area contributed by atoms with E-state index in [-0.39, 0.29) is 11.9 Å². The van der Waals surface area contributed by atoms with Crippen molar-refractivity contribution in [2.75, 3.05) is 20.2 Å². The highest BCUT2D eigenvalue weighted by atomic mass is 16.5. The average molecular weight is 501 g/mol. The number of rotatable bonds is 7. The zero-order valence-corrected chi connectivity index (χ0v) is 22.0. The van der Waals surface area contributed by atoms with E-state index in [0.717, 1.165) is 78.2 Å². The van der Waals surface area contributed by atoms with Crippen molar-refractivity contribution in [2.24, 2.45) is 11.7 Å². The lowest BCUT2D eigenvalue weighted by atomic mass is 10.0. The molecule has 4 heterocycles. The smallest absolute Gasteiger partial charge is 0.254 e. The normalized spacial score (nSPS) is 18.2. The van der Waals surface area contributed by atoms with Crippen molar-refractivity contribution in [3.05, 3.63) is 41.6 Å². The molecule has 6 rings (SSSR count). The van der Waals surface area contributed by atoms with Crippen LogP contribution in [0.3, 0.4) is 0 Å². The van der Waals surface area contributed by atoms with Gasteiger partial charge in [-0.05, 0) is 75.3 Å². The number of ether oxygens (including phenoxy) is 1. The largest absolute Gasteiger partial charge is 0.494 e. The summed E-state index contributed by atoms with van der Waals surface area (Å²) in [5, 5.41) is 1.13. The Labute approximate surface area is 217 Å². The number of hydrogen-bond donors (Lipinski definition) is 1. The Morgan fingerprint density at radius 2 is 1.95 bits per heavy atom. The number of pyridine rings is 1. The van der Waals surface area contributed by atoms with Crippen molar-refractivity contribution in [1.29, 1.82) is 0 Å². The van der Waals surface area contributed by atoms with E-state index in [2.05, 4.69) is 41.2 Å². The number of nitrogens with two attached hydrogens (primary N) is 1. The number of carbonyl (C=O) groups is 1. The number of methoxy groups -OCH3 is 1. The van der Waals surface area contributed by atoms with Crippen molar-refractivity contribution in [3.63, 3.8) is 0 Å². The Balaban J connectivity index is 1.50. The van der Waals surface area contributed by atoms with Crippen LogP contribution in [0.4, 0.5) is 0 Å². The molecule has 1 saturated heterocycles. The van der Waals surface area contributed by atoms with Gasteiger partial charge in [0.25, 0.3) is 5.91 Å². The number of nitrogens with zero attached hydrogens (tertiary/aromatic N) is 5. The summed E-state index contributed by atoms with van der Waals surface area (Å²) < 4.78 is 10.4. The van der Waals surface area contributed by atoms with Crippen molar-refractivity contribution in [2.45, 2.75) is 65.1 Å². The summed E-state index contributed by atoms with van der Waals surface area (Å²) in [5.41, 5.74) is 11.6. The first kappa shape index (κ1) is 24.0.